The second-order valence-electron chi connectivity index (χ2n) is 5.75. The van der Waals surface area contributed by atoms with Gasteiger partial charge in [-0.15, -0.1) is 24.0 Å². The fourth-order valence-corrected chi connectivity index (χ4v) is 2.60. The van der Waals surface area contributed by atoms with Crippen molar-refractivity contribution in [2.75, 3.05) is 45.9 Å². The summed E-state index contributed by atoms with van der Waals surface area (Å²) in [5, 5.41) is 7.10. The smallest absolute Gasteiger partial charge is 0.409 e. The lowest BCUT2D eigenvalue weighted by atomic mass is 10.3. The number of piperazine rings is 1. The molecule has 10 heteroatoms. The molecule has 0 spiro atoms. The molecule has 1 saturated heterocycles. The van der Waals surface area contributed by atoms with Gasteiger partial charge in [0, 0.05) is 45.7 Å². The standard InChI is InChI=1S/C16H28N6O3.HI/c1-4-17-15(18-8-6-7-14-19-13(3)20-25-14)21-9-11-22(12-10-21)16(23)24-5-2;/h4-12H2,1-3H3,(H,17,18);1H. The number of hydrogen-bond acceptors (Lipinski definition) is 6. The monoisotopic (exact) mass is 480 g/mol. The van der Waals surface area contributed by atoms with Crippen LogP contribution in [0.5, 0.6) is 0 Å². The van der Waals surface area contributed by atoms with Gasteiger partial charge in [0.25, 0.3) is 0 Å². The van der Waals surface area contributed by atoms with E-state index < -0.39 is 0 Å². The third-order valence-electron chi connectivity index (χ3n) is 3.82. The molecule has 1 aliphatic rings. The van der Waals surface area contributed by atoms with Gasteiger partial charge in [0.1, 0.15) is 0 Å². The first kappa shape index (κ1) is 22.5. The number of ether oxygens (including phenoxy) is 1. The third-order valence-corrected chi connectivity index (χ3v) is 3.82. The van der Waals surface area contributed by atoms with Crippen LogP contribution in [0.15, 0.2) is 9.52 Å². The maximum Gasteiger partial charge on any atom is 0.409 e. The molecule has 0 saturated carbocycles. The summed E-state index contributed by atoms with van der Waals surface area (Å²) in [6, 6.07) is 0. The maximum absolute atomic E-state index is 11.8. The van der Waals surface area contributed by atoms with Gasteiger partial charge in [0.05, 0.1) is 6.61 Å². The Morgan fingerprint density at radius 2 is 1.96 bits per heavy atom. The maximum atomic E-state index is 11.8. The quantitative estimate of drug-likeness (QED) is 0.287. The van der Waals surface area contributed by atoms with E-state index in [0.29, 0.717) is 38.0 Å². The highest BCUT2D eigenvalue weighted by Crippen LogP contribution is 2.05. The molecule has 9 nitrogen and oxygen atoms in total. The Hall–Kier alpha value is -1.59. The van der Waals surface area contributed by atoms with Crippen LogP contribution in [0.25, 0.3) is 0 Å². The van der Waals surface area contributed by atoms with Crippen LogP contribution in [0, 0.1) is 6.92 Å². The van der Waals surface area contributed by atoms with Gasteiger partial charge in [-0.25, -0.2) is 4.79 Å². The molecule has 148 valence electrons. The van der Waals surface area contributed by atoms with E-state index in [1.165, 1.54) is 0 Å². The van der Waals surface area contributed by atoms with Gasteiger partial charge in [-0.2, -0.15) is 4.98 Å². The van der Waals surface area contributed by atoms with Gasteiger partial charge in [-0.3, -0.25) is 4.99 Å². The second kappa shape index (κ2) is 11.9. The first-order chi connectivity index (χ1) is 12.1. The van der Waals surface area contributed by atoms with Crippen molar-refractivity contribution in [1.82, 2.24) is 25.3 Å². The second-order valence-corrected chi connectivity index (χ2v) is 5.75. The van der Waals surface area contributed by atoms with Crippen molar-refractivity contribution < 1.29 is 14.1 Å². The van der Waals surface area contributed by atoms with Crippen LogP contribution in [0.1, 0.15) is 32.0 Å². The van der Waals surface area contributed by atoms with Gasteiger partial charge in [-0.1, -0.05) is 5.16 Å². The molecule has 0 bridgehead atoms. The summed E-state index contributed by atoms with van der Waals surface area (Å²) in [6.07, 6.45) is 1.33. The van der Waals surface area contributed by atoms with E-state index in [2.05, 4.69) is 25.3 Å². The average molecular weight is 480 g/mol. The highest BCUT2D eigenvalue weighted by Gasteiger charge is 2.23. The SMILES string of the molecule is CCNC(=NCCCc1nc(C)no1)N1CCN(C(=O)OCC)CC1.I. The van der Waals surface area contributed by atoms with E-state index in [4.69, 9.17) is 9.26 Å². The average Bonchev–Trinajstić information content (AvgIpc) is 3.03. The largest absolute Gasteiger partial charge is 0.450 e. The van der Waals surface area contributed by atoms with Crippen molar-refractivity contribution in [1.29, 1.82) is 0 Å². The number of aliphatic imine (C=N–C) groups is 1. The Morgan fingerprint density at radius 3 is 2.54 bits per heavy atom. The van der Waals surface area contributed by atoms with Crippen LogP contribution in [-0.4, -0.2) is 77.9 Å². The first-order valence-electron chi connectivity index (χ1n) is 8.88. The number of nitrogens with one attached hydrogen (secondary N) is 1. The highest BCUT2D eigenvalue weighted by atomic mass is 127. The molecule has 26 heavy (non-hydrogen) atoms. The van der Waals surface area contributed by atoms with Gasteiger partial charge in [-0.05, 0) is 27.2 Å². The molecule has 1 aromatic rings. The minimum absolute atomic E-state index is 0. The lowest BCUT2D eigenvalue weighted by Gasteiger charge is -2.35. The van der Waals surface area contributed by atoms with Crippen LogP contribution in [-0.2, 0) is 11.2 Å². The number of rotatable bonds is 6. The normalized spacial score (nSPS) is 14.8. The summed E-state index contributed by atoms with van der Waals surface area (Å²) < 4.78 is 10.2. The number of hydrogen-bond donors (Lipinski definition) is 1. The highest BCUT2D eigenvalue weighted by molar-refractivity contribution is 14.0. The minimum Gasteiger partial charge on any atom is -0.450 e. The van der Waals surface area contributed by atoms with E-state index in [1.54, 1.807) is 4.90 Å². The van der Waals surface area contributed by atoms with Crippen molar-refractivity contribution in [2.24, 2.45) is 4.99 Å². The van der Waals surface area contributed by atoms with Crippen LogP contribution >= 0.6 is 24.0 Å². The number of guanidine groups is 1. The summed E-state index contributed by atoms with van der Waals surface area (Å²) in [5.41, 5.74) is 0. The minimum atomic E-state index is -0.237. The molecular formula is C16H29IN6O3. The van der Waals surface area contributed by atoms with Gasteiger partial charge in [0.15, 0.2) is 11.8 Å². The number of carbonyl (C=O) groups excluding carboxylic acids is 1. The third kappa shape index (κ3) is 6.96. The molecule has 0 atom stereocenters. The van der Waals surface area contributed by atoms with Crippen molar-refractivity contribution in [3.05, 3.63) is 11.7 Å². The number of carbonyl (C=O) groups is 1. The number of aromatic nitrogens is 2. The van der Waals surface area contributed by atoms with Crippen molar-refractivity contribution in [2.45, 2.75) is 33.6 Å². The molecule has 0 unspecified atom stereocenters. The molecule has 0 aliphatic carbocycles. The molecule has 1 aromatic heterocycles. The van der Waals surface area contributed by atoms with E-state index in [0.717, 1.165) is 38.4 Å². The number of amides is 1. The molecule has 2 heterocycles. The Bertz CT molecular complexity index is 572. The molecular weight excluding hydrogens is 451 g/mol. The van der Waals surface area contributed by atoms with Gasteiger partial charge in [0.2, 0.25) is 5.89 Å². The molecule has 1 fully saturated rings. The molecule has 2 rings (SSSR count). The lowest BCUT2D eigenvalue weighted by Crippen LogP contribution is -2.53. The lowest BCUT2D eigenvalue weighted by molar-refractivity contribution is 0.0914. The predicted octanol–water partition coefficient (Wildman–Crippen LogP) is 1.67. The number of halogens is 1. The zero-order valence-corrected chi connectivity index (χ0v) is 18.1. The van der Waals surface area contributed by atoms with E-state index in [1.807, 2.05) is 20.8 Å². The summed E-state index contributed by atoms with van der Waals surface area (Å²) >= 11 is 0. The first-order valence-corrected chi connectivity index (χ1v) is 8.88. The Labute approximate surface area is 171 Å². The Morgan fingerprint density at radius 1 is 1.27 bits per heavy atom. The van der Waals surface area contributed by atoms with Crippen molar-refractivity contribution in [3.63, 3.8) is 0 Å². The molecule has 0 radical (unpaired) electrons. The Kier molecular flexibility index (Phi) is 10.3. The summed E-state index contributed by atoms with van der Waals surface area (Å²) in [5.74, 6) is 2.19. The number of aryl methyl sites for hydroxylation is 2. The predicted molar refractivity (Wildman–Crippen MR) is 109 cm³/mol. The Balaban J connectivity index is 0.00000338. The van der Waals surface area contributed by atoms with Crippen LogP contribution in [0.2, 0.25) is 0 Å². The fourth-order valence-electron chi connectivity index (χ4n) is 2.60. The summed E-state index contributed by atoms with van der Waals surface area (Å²) in [7, 11) is 0. The van der Waals surface area contributed by atoms with E-state index in [-0.39, 0.29) is 30.1 Å². The topological polar surface area (TPSA) is 96.1 Å². The molecule has 1 N–H and O–H groups in total. The number of nitrogens with zero attached hydrogens (tertiary/aromatic N) is 5. The summed E-state index contributed by atoms with van der Waals surface area (Å²) in [6.45, 7) is 10.3. The van der Waals surface area contributed by atoms with Gasteiger partial charge >= 0.3 is 6.09 Å². The van der Waals surface area contributed by atoms with E-state index in [9.17, 15) is 4.79 Å². The molecule has 0 aromatic carbocycles. The molecule has 1 amide bonds. The summed E-state index contributed by atoms with van der Waals surface area (Å²) in [4.78, 5) is 24.5. The fraction of sp³-hybridized carbons (Fsp3) is 0.750. The zero-order chi connectivity index (χ0) is 18.1. The van der Waals surface area contributed by atoms with E-state index >= 15 is 0 Å². The molecule has 1 aliphatic heterocycles. The zero-order valence-electron chi connectivity index (χ0n) is 15.7. The van der Waals surface area contributed by atoms with Crippen molar-refractivity contribution >= 4 is 36.0 Å². The van der Waals surface area contributed by atoms with Gasteiger partial charge < -0.3 is 24.4 Å². The van der Waals surface area contributed by atoms with Crippen molar-refractivity contribution in [3.8, 4) is 0 Å². The van der Waals surface area contributed by atoms with Crippen LogP contribution in [0.3, 0.4) is 0 Å². The van der Waals surface area contributed by atoms with Crippen LogP contribution < -0.4 is 5.32 Å². The van der Waals surface area contributed by atoms with Crippen LogP contribution in [0.4, 0.5) is 4.79 Å².